The van der Waals surface area contributed by atoms with E-state index in [9.17, 15) is 4.79 Å². The number of benzene rings is 1. The Balaban J connectivity index is 2.09. The molecule has 1 unspecified atom stereocenters. The third kappa shape index (κ3) is 2.02. The number of thioether (sulfide) groups is 1. The molecule has 0 fully saturated rings. The number of rotatable bonds is 3. The minimum absolute atomic E-state index is 0.327. The average Bonchev–Trinajstić information content (AvgIpc) is 2.72. The molecule has 5 heteroatoms. The summed E-state index contributed by atoms with van der Waals surface area (Å²) in [6.07, 6.45) is 2.57. The monoisotopic (exact) mass is 232 g/mol. The molecule has 0 amide bonds. The second-order valence-electron chi connectivity index (χ2n) is 3.00. The SMILES string of the molecule is N#CN1C(C=O)=CSC1Oc1ccccc1. The van der Waals surface area contributed by atoms with Crippen LogP contribution in [0.3, 0.4) is 0 Å². The lowest BCUT2D eigenvalue weighted by Crippen LogP contribution is -2.29. The summed E-state index contributed by atoms with van der Waals surface area (Å²) in [5, 5.41) is 10.5. The summed E-state index contributed by atoms with van der Waals surface area (Å²) < 4.78 is 5.57. The van der Waals surface area contributed by atoms with Crippen molar-refractivity contribution >= 4 is 18.0 Å². The van der Waals surface area contributed by atoms with Crippen LogP contribution in [0.5, 0.6) is 5.75 Å². The maximum atomic E-state index is 10.6. The largest absolute Gasteiger partial charge is 0.460 e. The van der Waals surface area contributed by atoms with Crippen molar-refractivity contribution in [3.63, 3.8) is 0 Å². The van der Waals surface area contributed by atoms with Crippen LogP contribution in [0.2, 0.25) is 0 Å². The molecule has 4 nitrogen and oxygen atoms in total. The summed E-state index contributed by atoms with van der Waals surface area (Å²) in [5.74, 6) is 0.667. The lowest BCUT2D eigenvalue weighted by Gasteiger charge is -2.19. The number of hydrogen-bond donors (Lipinski definition) is 0. The van der Waals surface area contributed by atoms with Crippen molar-refractivity contribution in [3.05, 3.63) is 41.4 Å². The van der Waals surface area contributed by atoms with E-state index in [2.05, 4.69) is 0 Å². The molecule has 1 aliphatic heterocycles. The molecule has 0 spiro atoms. The van der Waals surface area contributed by atoms with E-state index in [-0.39, 0.29) is 0 Å². The van der Waals surface area contributed by atoms with Crippen molar-refractivity contribution in [3.8, 4) is 11.9 Å². The zero-order chi connectivity index (χ0) is 11.4. The molecule has 0 radical (unpaired) electrons. The first-order valence-electron chi connectivity index (χ1n) is 4.56. The predicted molar refractivity (Wildman–Crippen MR) is 60.0 cm³/mol. The fourth-order valence-electron chi connectivity index (χ4n) is 1.25. The van der Waals surface area contributed by atoms with Gasteiger partial charge in [-0.1, -0.05) is 30.0 Å². The van der Waals surface area contributed by atoms with Gasteiger partial charge in [-0.15, -0.1) is 0 Å². The standard InChI is InChI=1S/C11H8N2O2S/c12-8-13-9(6-14)7-16-11(13)15-10-4-2-1-3-5-10/h1-7,11H. The van der Waals surface area contributed by atoms with Gasteiger partial charge in [0, 0.05) is 5.41 Å². The van der Waals surface area contributed by atoms with E-state index in [1.807, 2.05) is 24.4 Å². The molecule has 0 saturated heterocycles. The molecule has 0 saturated carbocycles. The minimum atomic E-state index is -0.493. The third-order valence-electron chi connectivity index (χ3n) is 2.00. The number of para-hydroxylation sites is 1. The van der Waals surface area contributed by atoms with E-state index >= 15 is 0 Å². The fraction of sp³-hybridized carbons (Fsp3) is 0.0909. The summed E-state index contributed by atoms with van der Waals surface area (Å²) in [5.41, 5.74) is -0.166. The van der Waals surface area contributed by atoms with Gasteiger partial charge < -0.3 is 4.74 Å². The summed E-state index contributed by atoms with van der Waals surface area (Å²) in [6, 6.07) is 9.18. The smallest absolute Gasteiger partial charge is 0.237 e. The number of nitrogens with zero attached hydrogens (tertiary/aromatic N) is 2. The minimum Gasteiger partial charge on any atom is -0.460 e. The summed E-state index contributed by atoms with van der Waals surface area (Å²) in [7, 11) is 0. The van der Waals surface area contributed by atoms with Gasteiger partial charge >= 0.3 is 0 Å². The lowest BCUT2D eigenvalue weighted by molar-refractivity contribution is -0.106. The number of aldehydes is 1. The molecule has 0 aromatic heterocycles. The second kappa shape index (κ2) is 4.73. The van der Waals surface area contributed by atoms with Crippen LogP contribution in [-0.2, 0) is 4.79 Å². The molecule has 2 rings (SSSR count). The first kappa shape index (κ1) is 10.6. The topological polar surface area (TPSA) is 53.3 Å². The quantitative estimate of drug-likeness (QED) is 0.588. The Morgan fingerprint density at radius 1 is 1.44 bits per heavy atom. The van der Waals surface area contributed by atoms with Crippen LogP contribution in [0, 0.1) is 11.5 Å². The Kier molecular flexibility index (Phi) is 3.13. The first-order valence-corrected chi connectivity index (χ1v) is 5.51. The van der Waals surface area contributed by atoms with Crippen molar-refractivity contribution in [2.45, 2.75) is 5.56 Å². The molecule has 1 aromatic rings. The van der Waals surface area contributed by atoms with Crippen LogP contribution in [0.4, 0.5) is 0 Å². The number of nitriles is 1. The molecular weight excluding hydrogens is 224 g/mol. The molecule has 16 heavy (non-hydrogen) atoms. The van der Waals surface area contributed by atoms with E-state index in [0.717, 1.165) is 0 Å². The van der Waals surface area contributed by atoms with Gasteiger partial charge in [0.1, 0.15) is 11.4 Å². The molecular formula is C11H8N2O2S. The van der Waals surface area contributed by atoms with E-state index in [0.29, 0.717) is 17.7 Å². The highest BCUT2D eigenvalue weighted by Gasteiger charge is 2.28. The number of allylic oxidation sites excluding steroid dienone is 1. The maximum Gasteiger partial charge on any atom is 0.237 e. The summed E-state index contributed by atoms with van der Waals surface area (Å²) in [6.45, 7) is 0. The van der Waals surface area contributed by atoms with Crippen molar-refractivity contribution in [2.75, 3.05) is 0 Å². The van der Waals surface area contributed by atoms with Crippen LogP contribution in [0.15, 0.2) is 41.4 Å². The Morgan fingerprint density at radius 2 is 2.19 bits per heavy atom. The summed E-state index contributed by atoms with van der Waals surface area (Å²) >= 11 is 1.29. The molecule has 0 bridgehead atoms. The zero-order valence-electron chi connectivity index (χ0n) is 8.24. The molecule has 1 aliphatic rings. The Labute approximate surface area is 97.1 Å². The predicted octanol–water partition coefficient (Wildman–Crippen LogP) is 1.92. The molecule has 1 heterocycles. The highest BCUT2D eigenvalue weighted by Crippen LogP contribution is 2.30. The van der Waals surface area contributed by atoms with E-state index < -0.39 is 5.56 Å². The van der Waals surface area contributed by atoms with Crippen LogP contribution >= 0.6 is 11.8 Å². The molecule has 0 aliphatic carbocycles. The normalized spacial score (nSPS) is 18.8. The van der Waals surface area contributed by atoms with Crippen LogP contribution < -0.4 is 4.74 Å². The van der Waals surface area contributed by atoms with Gasteiger partial charge in [0.2, 0.25) is 5.56 Å². The molecule has 1 aromatic carbocycles. The van der Waals surface area contributed by atoms with Crippen LogP contribution in [-0.4, -0.2) is 16.7 Å². The average molecular weight is 232 g/mol. The highest BCUT2D eigenvalue weighted by molar-refractivity contribution is 8.02. The Bertz CT molecular complexity index is 453. The fourth-order valence-corrected chi connectivity index (χ4v) is 2.13. The molecule has 80 valence electrons. The van der Waals surface area contributed by atoms with Gasteiger partial charge in [-0.05, 0) is 12.1 Å². The van der Waals surface area contributed by atoms with E-state index in [1.54, 1.807) is 17.5 Å². The van der Waals surface area contributed by atoms with Crippen molar-refractivity contribution < 1.29 is 9.53 Å². The number of carbonyl (C=O) groups is 1. The van der Waals surface area contributed by atoms with Crippen LogP contribution in [0.25, 0.3) is 0 Å². The lowest BCUT2D eigenvalue weighted by atomic mass is 10.3. The molecule has 1 atom stereocenters. The second-order valence-corrected chi connectivity index (χ2v) is 3.92. The van der Waals surface area contributed by atoms with Gasteiger partial charge in [-0.2, -0.15) is 5.26 Å². The summed E-state index contributed by atoms with van der Waals surface area (Å²) in [4.78, 5) is 11.9. The van der Waals surface area contributed by atoms with Gasteiger partial charge in [0.05, 0.1) is 0 Å². The third-order valence-corrected chi connectivity index (χ3v) is 2.92. The van der Waals surface area contributed by atoms with Crippen molar-refractivity contribution in [2.24, 2.45) is 0 Å². The van der Waals surface area contributed by atoms with Gasteiger partial charge in [0.15, 0.2) is 12.5 Å². The van der Waals surface area contributed by atoms with Crippen LogP contribution in [0.1, 0.15) is 0 Å². The van der Waals surface area contributed by atoms with E-state index in [4.69, 9.17) is 10.00 Å². The number of ether oxygens (including phenoxy) is 1. The number of hydrogen-bond acceptors (Lipinski definition) is 5. The number of carbonyl (C=O) groups excluding carboxylic acids is 1. The maximum absolute atomic E-state index is 10.6. The first-order chi connectivity index (χ1) is 7.85. The van der Waals surface area contributed by atoms with E-state index in [1.165, 1.54) is 16.7 Å². The van der Waals surface area contributed by atoms with Crippen molar-refractivity contribution in [1.29, 1.82) is 5.26 Å². The van der Waals surface area contributed by atoms with Gasteiger partial charge in [0.25, 0.3) is 0 Å². The zero-order valence-corrected chi connectivity index (χ0v) is 9.05. The van der Waals surface area contributed by atoms with Crippen molar-refractivity contribution in [1.82, 2.24) is 4.90 Å². The van der Waals surface area contributed by atoms with Gasteiger partial charge in [-0.3, -0.25) is 4.79 Å². The molecule has 0 N–H and O–H groups in total. The Hall–Kier alpha value is -1.93. The highest BCUT2D eigenvalue weighted by atomic mass is 32.2. The van der Waals surface area contributed by atoms with Gasteiger partial charge in [-0.25, -0.2) is 4.90 Å². The Morgan fingerprint density at radius 3 is 2.81 bits per heavy atom.